The number of rotatable bonds is 6. The molecule has 1 aliphatic rings. The number of nitrogens with zero attached hydrogens (tertiary/aromatic N) is 1. The molecule has 0 saturated carbocycles. The predicted octanol–water partition coefficient (Wildman–Crippen LogP) is 3.97. The second-order valence-corrected chi connectivity index (χ2v) is 6.91. The van der Waals surface area contributed by atoms with E-state index in [1.807, 2.05) is 30.5 Å². The number of morpholine rings is 1. The number of para-hydroxylation sites is 1. The number of aromatic amines is 1. The normalized spacial score (nSPS) is 14.4. The van der Waals surface area contributed by atoms with Gasteiger partial charge < -0.3 is 19.9 Å². The van der Waals surface area contributed by atoms with Gasteiger partial charge in [0.1, 0.15) is 0 Å². The van der Waals surface area contributed by atoms with Crippen molar-refractivity contribution < 1.29 is 9.53 Å². The molecule has 2 aromatic carbocycles. The number of hydrogen-bond donors (Lipinski definition) is 2. The maximum Gasteiger partial charge on any atom is 0.224 e. The monoisotopic (exact) mass is 363 g/mol. The van der Waals surface area contributed by atoms with E-state index in [9.17, 15) is 4.79 Å². The Balaban J connectivity index is 1.26. The van der Waals surface area contributed by atoms with Crippen LogP contribution in [0.15, 0.2) is 54.7 Å². The summed E-state index contributed by atoms with van der Waals surface area (Å²) < 4.78 is 5.38. The average Bonchev–Trinajstić information content (AvgIpc) is 3.12. The van der Waals surface area contributed by atoms with Crippen molar-refractivity contribution in [3.8, 4) is 0 Å². The highest BCUT2D eigenvalue weighted by molar-refractivity contribution is 5.91. The van der Waals surface area contributed by atoms with Crippen LogP contribution in [0, 0.1) is 0 Å². The summed E-state index contributed by atoms with van der Waals surface area (Å²) in [7, 11) is 0. The molecule has 3 aromatic rings. The van der Waals surface area contributed by atoms with E-state index in [0.717, 1.165) is 50.3 Å². The molecule has 140 valence electrons. The summed E-state index contributed by atoms with van der Waals surface area (Å²) in [6.07, 6.45) is 4.30. The van der Waals surface area contributed by atoms with Crippen LogP contribution in [0.1, 0.15) is 18.4 Å². The zero-order chi connectivity index (χ0) is 18.5. The molecule has 0 radical (unpaired) electrons. The lowest BCUT2D eigenvalue weighted by molar-refractivity contribution is -0.116. The fraction of sp³-hybridized carbons (Fsp3) is 0.318. The molecule has 0 aliphatic carbocycles. The van der Waals surface area contributed by atoms with E-state index >= 15 is 0 Å². The Morgan fingerprint density at radius 1 is 1.07 bits per heavy atom. The Kier molecular flexibility index (Phi) is 5.39. The largest absolute Gasteiger partial charge is 0.378 e. The van der Waals surface area contributed by atoms with Crippen LogP contribution >= 0.6 is 0 Å². The van der Waals surface area contributed by atoms with Crippen LogP contribution in [0.3, 0.4) is 0 Å². The van der Waals surface area contributed by atoms with Gasteiger partial charge >= 0.3 is 0 Å². The van der Waals surface area contributed by atoms with Crippen LogP contribution in [0.4, 0.5) is 11.4 Å². The number of hydrogen-bond acceptors (Lipinski definition) is 3. The molecular weight excluding hydrogens is 338 g/mol. The van der Waals surface area contributed by atoms with Crippen LogP contribution in [0.2, 0.25) is 0 Å². The summed E-state index contributed by atoms with van der Waals surface area (Å²) in [5.41, 5.74) is 4.45. The number of nitrogens with one attached hydrogen (secondary N) is 2. The molecule has 5 heteroatoms. The van der Waals surface area contributed by atoms with Crippen molar-refractivity contribution in [2.24, 2.45) is 0 Å². The third kappa shape index (κ3) is 4.31. The molecule has 1 fully saturated rings. The summed E-state index contributed by atoms with van der Waals surface area (Å²) in [6.45, 7) is 3.38. The molecule has 1 amide bonds. The Morgan fingerprint density at radius 2 is 1.85 bits per heavy atom. The lowest BCUT2D eigenvalue weighted by Gasteiger charge is -2.28. The molecule has 5 nitrogen and oxygen atoms in total. The summed E-state index contributed by atoms with van der Waals surface area (Å²) in [5, 5.41) is 4.25. The molecule has 1 aliphatic heterocycles. The second kappa shape index (κ2) is 8.27. The van der Waals surface area contributed by atoms with Crippen LogP contribution in [0.25, 0.3) is 10.9 Å². The minimum Gasteiger partial charge on any atom is -0.378 e. The number of aromatic nitrogens is 1. The lowest BCUT2D eigenvalue weighted by atomic mass is 10.1. The van der Waals surface area contributed by atoms with Gasteiger partial charge in [-0.2, -0.15) is 0 Å². The number of anilines is 2. The number of carbonyl (C=O) groups excluding carboxylic acids is 1. The highest BCUT2D eigenvalue weighted by Crippen LogP contribution is 2.21. The van der Waals surface area contributed by atoms with Crippen LogP contribution in [0.5, 0.6) is 0 Å². The van der Waals surface area contributed by atoms with E-state index in [4.69, 9.17) is 4.74 Å². The van der Waals surface area contributed by atoms with Gasteiger partial charge in [-0.15, -0.1) is 0 Å². The highest BCUT2D eigenvalue weighted by Gasteiger charge is 2.11. The van der Waals surface area contributed by atoms with Gasteiger partial charge in [-0.3, -0.25) is 4.79 Å². The van der Waals surface area contributed by atoms with Crippen LogP contribution in [-0.2, 0) is 16.0 Å². The topological polar surface area (TPSA) is 57.4 Å². The maximum atomic E-state index is 12.2. The number of benzene rings is 2. The SMILES string of the molecule is O=C(CCCc1c[nH]c2ccccc12)Nc1ccc(N2CCOCC2)cc1. The molecule has 0 unspecified atom stereocenters. The van der Waals surface area contributed by atoms with Crippen molar-refractivity contribution in [1.82, 2.24) is 4.98 Å². The Hall–Kier alpha value is -2.79. The van der Waals surface area contributed by atoms with E-state index in [0.29, 0.717) is 6.42 Å². The van der Waals surface area contributed by atoms with Gasteiger partial charge in [0, 0.05) is 48.0 Å². The lowest BCUT2D eigenvalue weighted by Crippen LogP contribution is -2.36. The van der Waals surface area contributed by atoms with Crippen LogP contribution < -0.4 is 10.2 Å². The third-order valence-electron chi connectivity index (χ3n) is 5.05. The first-order valence-corrected chi connectivity index (χ1v) is 9.57. The van der Waals surface area contributed by atoms with E-state index < -0.39 is 0 Å². The fourth-order valence-corrected chi connectivity index (χ4v) is 3.58. The minimum atomic E-state index is 0.0639. The van der Waals surface area contributed by atoms with E-state index in [2.05, 4.69) is 39.5 Å². The smallest absolute Gasteiger partial charge is 0.224 e. The molecular formula is C22H25N3O2. The molecule has 0 spiro atoms. The summed E-state index contributed by atoms with van der Waals surface area (Å²) >= 11 is 0. The molecule has 1 aromatic heterocycles. The van der Waals surface area contributed by atoms with Gasteiger partial charge in [-0.05, 0) is 48.7 Å². The molecule has 0 bridgehead atoms. The minimum absolute atomic E-state index is 0.0639. The molecule has 4 rings (SSSR count). The van der Waals surface area contributed by atoms with Gasteiger partial charge in [0.25, 0.3) is 0 Å². The molecule has 0 atom stereocenters. The Labute approximate surface area is 159 Å². The third-order valence-corrected chi connectivity index (χ3v) is 5.05. The molecule has 27 heavy (non-hydrogen) atoms. The van der Waals surface area contributed by atoms with Crippen molar-refractivity contribution in [3.63, 3.8) is 0 Å². The standard InChI is InChI=1S/C22H25N3O2/c26-22(7-3-4-17-16-23-21-6-2-1-5-20(17)21)24-18-8-10-19(11-9-18)25-12-14-27-15-13-25/h1-2,5-6,8-11,16,23H,3-4,7,12-15H2,(H,24,26). The van der Waals surface area contributed by atoms with Gasteiger partial charge in [0.05, 0.1) is 13.2 Å². The number of carbonyl (C=O) groups is 1. The average molecular weight is 363 g/mol. The zero-order valence-corrected chi connectivity index (χ0v) is 15.4. The van der Waals surface area contributed by atoms with Crippen molar-refractivity contribution >= 4 is 28.2 Å². The van der Waals surface area contributed by atoms with E-state index in [-0.39, 0.29) is 5.91 Å². The predicted molar refractivity (Wildman–Crippen MR) is 109 cm³/mol. The quantitative estimate of drug-likeness (QED) is 0.697. The molecule has 2 N–H and O–H groups in total. The van der Waals surface area contributed by atoms with E-state index in [1.54, 1.807) is 0 Å². The first kappa shape index (κ1) is 17.6. The summed E-state index contributed by atoms with van der Waals surface area (Å²) in [5.74, 6) is 0.0639. The summed E-state index contributed by atoms with van der Waals surface area (Å²) in [6, 6.07) is 16.3. The number of H-pyrrole nitrogens is 1. The second-order valence-electron chi connectivity index (χ2n) is 6.91. The molecule has 2 heterocycles. The number of amides is 1. The maximum absolute atomic E-state index is 12.2. The fourth-order valence-electron chi connectivity index (χ4n) is 3.58. The van der Waals surface area contributed by atoms with E-state index in [1.165, 1.54) is 16.6 Å². The van der Waals surface area contributed by atoms with Gasteiger partial charge in [0.2, 0.25) is 5.91 Å². The molecule has 1 saturated heterocycles. The van der Waals surface area contributed by atoms with Gasteiger partial charge in [-0.1, -0.05) is 18.2 Å². The van der Waals surface area contributed by atoms with Gasteiger partial charge in [-0.25, -0.2) is 0 Å². The number of fused-ring (bicyclic) bond motifs is 1. The number of ether oxygens (including phenoxy) is 1. The van der Waals surface area contributed by atoms with Crippen molar-refractivity contribution in [2.45, 2.75) is 19.3 Å². The first-order chi connectivity index (χ1) is 13.3. The number of aryl methyl sites for hydroxylation is 1. The van der Waals surface area contributed by atoms with Crippen molar-refractivity contribution in [3.05, 3.63) is 60.3 Å². The zero-order valence-electron chi connectivity index (χ0n) is 15.4. The van der Waals surface area contributed by atoms with Crippen LogP contribution in [-0.4, -0.2) is 37.2 Å². The van der Waals surface area contributed by atoms with Gasteiger partial charge in [0.15, 0.2) is 0 Å². The summed E-state index contributed by atoms with van der Waals surface area (Å²) in [4.78, 5) is 17.8. The Bertz CT molecular complexity index is 895. The highest BCUT2D eigenvalue weighted by atomic mass is 16.5. The Morgan fingerprint density at radius 3 is 2.67 bits per heavy atom. The van der Waals surface area contributed by atoms with Crippen molar-refractivity contribution in [2.75, 3.05) is 36.5 Å². The van der Waals surface area contributed by atoms with Crippen molar-refractivity contribution in [1.29, 1.82) is 0 Å². The first-order valence-electron chi connectivity index (χ1n) is 9.57.